The van der Waals surface area contributed by atoms with E-state index in [0.717, 1.165) is 0 Å². The minimum Gasteiger partial charge on any atom is -0.397 e. The van der Waals surface area contributed by atoms with E-state index in [1.807, 2.05) is 0 Å². The predicted octanol–water partition coefficient (Wildman–Crippen LogP) is 3.69. The van der Waals surface area contributed by atoms with Crippen LogP contribution in [0.15, 0.2) is 41.1 Å². The number of pyridine rings is 1. The van der Waals surface area contributed by atoms with E-state index >= 15 is 0 Å². The van der Waals surface area contributed by atoms with Crippen molar-refractivity contribution in [2.24, 2.45) is 0 Å². The Labute approximate surface area is 124 Å². The summed E-state index contributed by atoms with van der Waals surface area (Å²) in [6, 6.07) is 8.47. The van der Waals surface area contributed by atoms with Gasteiger partial charge in [-0.1, -0.05) is 28.4 Å². The molecule has 0 aliphatic heterocycles. The maximum Gasteiger partial charge on any atom is 0.278 e. The zero-order valence-corrected chi connectivity index (χ0v) is 11.6. The molecule has 0 aliphatic rings. The van der Waals surface area contributed by atoms with Crippen LogP contribution in [0.3, 0.4) is 0 Å². The summed E-state index contributed by atoms with van der Waals surface area (Å²) in [5.74, 6) is 0.614. The number of benzene rings is 1. The van der Waals surface area contributed by atoms with Gasteiger partial charge in [0.1, 0.15) is 0 Å². The highest BCUT2D eigenvalue weighted by Gasteiger charge is 2.14. The third-order valence-corrected chi connectivity index (χ3v) is 3.02. The van der Waals surface area contributed by atoms with Crippen molar-refractivity contribution in [3.8, 4) is 23.0 Å². The standard InChI is InChI=1S/C13H8Cl2N4O/c14-8-4-7(5-9(15)6-8)12-18-13(20-19-12)11-10(16)2-1-3-17-11/h1-6H,16H2. The smallest absolute Gasteiger partial charge is 0.278 e. The maximum absolute atomic E-state index is 5.95. The molecule has 0 atom stereocenters. The summed E-state index contributed by atoms with van der Waals surface area (Å²) in [6.45, 7) is 0. The van der Waals surface area contributed by atoms with Crippen LogP contribution in [0.2, 0.25) is 10.0 Å². The molecule has 0 fully saturated rings. The number of nitrogens with zero attached hydrogens (tertiary/aromatic N) is 3. The van der Waals surface area contributed by atoms with Crippen LogP contribution in [-0.2, 0) is 0 Å². The molecule has 2 heterocycles. The van der Waals surface area contributed by atoms with Gasteiger partial charge in [0.25, 0.3) is 5.89 Å². The molecule has 1 aromatic carbocycles. The summed E-state index contributed by atoms with van der Waals surface area (Å²) < 4.78 is 5.18. The average molecular weight is 307 g/mol. The highest BCUT2D eigenvalue weighted by Crippen LogP contribution is 2.28. The van der Waals surface area contributed by atoms with Crippen molar-refractivity contribution in [2.45, 2.75) is 0 Å². The van der Waals surface area contributed by atoms with E-state index in [1.54, 1.807) is 36.5 Å². The Hall–Kier alpha value is -2.11. The molecular weight excluding hydrogens is 299 g/mol. The van der Waals surface area contributed by atoms with Gasteiger partial charge in [-0.3, -0.25) is 0 Å². The topological polar surface area (TPSA) is 77.8 Å². The van der Waals surface area contributed by atoms with Crippen molar-refractivity contribution in [1.82, 2.24) is 15.1 Å². The van der Waals surface area contributed by atoms with Crippen molar-refractivity contribution in [2.75, 3.05) is 5.73 Å². The van der Waals surface area contributed by atoms with Crippen LogP contribution < -0.4 is 5.73 Å². The lowest BCUT2D eigenvalue weighted by Gasteiger charge is -1.98. The molecule has 0 unspecified atom stereocenters. The normalized spacial score (nSPS) is 10.7. The Bertz CT molecular complexity index is 752. The minimum atomic E-state index is 0.245. The Morgan fingerprint density at radius 3 is 2.55 bits per heavy atom. The first-order valence-corrected chi connectivity index (χ1v) is 6.40. The number of aromatic nitrogens is 3. The van der Waals surface area contributed by atoms with Crippen molar-refractivity contribution >= 4 is 28.9 Å². The molecule has 5 nitrogen and oxygen atoms in total. The van der Waals surface area contributed by atoms with E-state index in [9.17, 15) is 0 Å². The molecule has 0 aliphatic carbocycles. The lowest BCUT2D eigenvalue weighted by molar-refractivity contribution is 0.431. The highest BCUT2D eigenvalue weighted by molar-refractivity contribution is 6.35. The third-order valence-electron chi connectivity index (χ3n) is 2.59. The molecule has 2 aromatic heterocycles. The van der Waals surface area contributed by atoms with Gasteiger partial charge in [0.15, 0.2) is 5.69 Å². The van der Waals surface area contributed by atoms with Crippen LogP contribution >= 0.6 is 23.2 Å². The van der Waals surface area contributed by atoms with Gasteiger partial charge >= 0.3 is 0 Å². The fourth-order valence-corrected chi connectivity index (χ4v) is 2.24. The molecule has 0 saturated carbocycles. The summed E-state index contributed by atoms with van der Waals surface area (Å²) in [6.07, 6.45) is 1.60. The van der Waals surface area contributed by atoms with Crippen LogP contribution in [0.4, 0.5) is 5.69 Å². The molecule has 0 amide bonds. The molecule has 100 valence electrons. The van der Waals surface area contributed by atoms with E-state index in [1.165, 1.54) is 0 Å². The molecule has 2 N–H and O–H groups in total. The highest BCUT2D eigenvalue weighted by atomic mass is 35.5. The van der Waals surface area contributed by atoms with Gasteiger partial charge in [-0.25, -0.2) is 4.98 Å². The Morgan fingerprint density at radius 1 is 1.10 bits per heavy atom. The molecule has 0 spiro atoms. The van der Waals surface area contributed by atoms with Gasteiger partial charge in [-0.15, -0.1) is 0 Å². The van der Waals surface area contributed by atoms with Gasteiger partial charge in [0, 0.05) is 21.8 Å². The average Bonchev–Trinajstić information content (AvgIpc) is 2.87. The summed E-state index contributed by atoms with van der Waals surface area (Å²) in [4.78, 5) is 8.37. The van der Waals surface area contributed by atoms with Gasteiger partial charge in [0.2, 0.25) is 5.82 Å². The Morgan fingerprint density at radius 2 is 1.85 bits per heavy atom. The third kappa shape index (κ3) is 2.45. The Balaban J connectivity index is 2.04. The Kier molecular flexibility index (Phi) is 3.30. The van der Waals surface area contributed by atoms with Crippen molar-refractivity contribution < 1.29 is 4.52 Å². The summed E-state index contributed by atoms with van der Waals surface area (Å²) in [7, 11) is 0. The minimum absolute atomic E-state index is 0.245. The summed E-state index contributed by atoms with van der Waals surface area (Å²) in [5.41, 5.74) is 7.38. The second kappa shape index (κ2) is 5.11. The monoisotopic (exact) mass is 306 g/mol. The van der Waals surface area contributed by atoms with Crippen molar-refractivity contribution in [1.29, 1.82) is 0 Å². The lowest BCUT2D eigenvalue weighted by Crippen LogP contribution is -1.92. The maximum atomic E-state index is 5.95. The number of rotatable bonds is 2. The van der Waals surface area contributed by atoms with Crippen LogP contribution in [0.5, 0.6) is 0 Å². The molecule has 0 saturated heterocycles. The second-order valence-electron chi connectivity index (χ2n) is 4.02. The first-order chi connectivity index (χ1) is 9.63. The van der Waals surface area contributed by atoms with Crippen molar-refractivity contribution in [3.63, 3.8) is 0 Å². The quantitative estimate of drug-likeness (QED) is 0.781. The SMILES string of the molecule is Nc1cccnc1-c1nc(-c2cc(Cl)cc(Cl)c2)no1. The van der Waals surface area contributed by atoms with Crippen molar-refractivity contribution in [3.05, 3.63) is 46.6 Å². The van der Waals surface area contributed by atoms with Crippen LogP contribution in [0, 0.1) is 0 Å². The van der Waals surface area contributed by atoms with Gasteiger partial charge in [-0.05, 0) is 30.3 Å². The number of halogens is 2. The molecular formula is C13H8Cl2N4O. The van der Waals surface area contributed by atoms with Crippen LogP contribution in [0.1, 0.15) is 0 Å². The number of nitrogens with two attached hydrogens (primary N) is 1. The first kappa shape index (κ1) is 12.9. The lowest BCUT2D eigenvalue weighted by atomic mass is 10.2. The second-order valence-corrected chi connectivity index (χ2v) is 4.90. The molecule has 3 rings (SSSR count). The number of hydrogen-bond acceptors (Lipinski definition) is 5. The van der Waals surface area contributed by atoms with Crippen LogP contribution in [0.25, 0.3) is 23.0 Å². The first-order valence-electron chi connectivity index (χ1n) is 5.64. The van der Waals surface area contributed by atoms with E-state index in [-0.39, 0.29) is 5.89 Å². The fourth-order valence-electron chi connectivity index (χ4n) is 1.72. The zero-order chi connectivity index (χ0) is 14.1. The van der Waals surface area contributed by atoms with E-state index in [4.69, 9.17) is 33.5 Å². The summed E-state index contributed by atoms with van der Waals surface area (Å²) in [5, 5.41) is 4.88. The molecule has 0 bridgehead atoms. The van der Waals surface area contributed by atoms with Gasteiger partial charge in [0.05, 0.1) is 5.69 Å². The van der Waals surface area contributed by atoms with E-state index in [2.05, 4.69) is 15.1 Å². The van der Waals surface area contributed by atoms with Gasteiger partial charge in [-0.2, -0.15) is 4.98 Å². The number of nitrogen functional groups attached to an aromatic ring is 1. The molecule has 7 heteroatoms. The number of hydrogen-bond donors (Lipinski definition) is 1. The van der Waals surface area contributed by atoms with Crippen LogP contribution in [-0.4, -0.2) is 15.1 Å². The summed E-state index contributed by atoms with van der Waals surface area (Å²) >= 11 is 11.9. The predicted molar refractivity (Wildman–Crippen MR) is 77.4 cm³/mol. The molecule has 20 heavy (non-hydrogen) atoms. The number of anilines is 1. The van der Waals surface area contributed by atoms with Gasteiger partial charge < -0.3 is 10.3 Å². The fraction of sp³-hybridized carbons (Fsp3) is 0. The zero-order valence-electron chi connectivity index (χ0n) is 10.0. The molecule has 3 aromatic rings. The van der Waals surface area contributed by atoms with E-state index < -0.39 is 0 Å². The molecule has 0 radical (unpaired) electrons. The largest absolute Gasteiger partial charge is 0.397 e. The van der Waals surface area contributed by atoms with E-state index in [0.29, 0.717) is 32.8 Å².